The first-order chi connectivity index (χ1) is 8.26. The highest BCUT2D eigenvalue weighted by atomic mass is 35.5. The van der Waals surface area contributed by atoms with Crippen LogP contribution in [0.4, 0.5) is 0 Å². The van der Waals surface area contributed by atoms with Crippen LogP contribution in [0.3, 0.4) is 0 Å². The first kappa shape index (κ1) is 11.7. The lowest BCUT2D eigenvalue weighted by Crippen LogP contribution is -1.97. The molecular formula is C13H11ClN2O. The number of aromatic amines is 1. The molecule has 0 spiro atoms. The fourth-order valence-corrected chi connectivity index (χ4v) is 1.92. The molecule has 0 atom stereocenters. The van der Waals surface area contributed by atoms with Gasteiger partial charge in [0.25, 0.3) is 0 Å². The van der Waals surface area contributed by atoms with Gasteiger partial charge in [0, 0.05) is 35.0 Å². The number of benzene rings is 1. The van der Waals surface area contributed by atoms with Gasteiger partial charge in [-0.3, -0.25) is 4.79 Å². The van der Waals surface area contributed by atoms with Gasteiger partial charge in [-0.15, -0.1) is 11.6 Å². The van der Waals surface area contributed by atoms with Crippen molar-refractivity contribution in [2.45, 2.75) is 12.8 Å². The van der Waals surface area contributed by atoms with Crippen LogP contribution in [-0.2, 0) is 0 Å². The number of fused-ring (bicyclic) bond motifs is 1. The van der Waals surface area contributed by atoms with E-state index in [1.165, 1.54) is 0 Å². The molecule has 0 aliphatic rings. The zero-order valence-corrected chi connectivity index (χ0v) is 9.92. The number of nitrogens with zero attached hydrogens (tertiary/aromatic N) is 1. The standard InChI is InChI=1S/C13H11ClN2O/c14-5-1-2-13(17)11-8-16-12-6-9(7-15)3-4-10(11)12/h3-4,6,8,16H,1-2,5H2. The van der Waals surface area contributed by atoms with Crippen LogP contribution in [0, 0.1) is 11.3 Å². The summed E-state index contributed by atoms with van der Waals surface area (Å²) in [5.74, 6) is 0.578. The molecule has 3 nitrogen and oxygen atoms in total. The molecule has 1 aromatic heterocycles. The Morgan fingerprint density at radius 2 is 2.29 bits per heavy atom. The Bertz CT molecular complexity index is 595. The van der Waals surface area contributed by atoms with Crippen LogP contribution in [0.1, 0.15) is 28.8 Å². The van der Waals surface area contributed by atoms with Crippen molar-refractivity contribution in [2.75, 3.05) is 5.88 Å². The monoisotopic (exact) mass is 246 g/mol. The van der Waals surface area contributed by atoms with Crippen molar-refractivity contribution in [3.8, 4) is 6.07 Å². The molecule has 17 heavy (non-hydrogen) atoms. The fourth-order valence-electron chi connectivity index (χ4n) is 1.79. The molecular weight excluding hydrogens is 236 g/mol. The van der Waals surface area contributed by atoms with Gasteiger partial charge in [0.2, 0.25) is 0 Å². The highest BCUT2D eigenvalue weighted by molar-refractivity contribution is 6.18. The minimum Gasteiger partial charge on any atom is -0.360 e. The van der Waals surface area contributed by atoms with Crippen LogP contribution in [0.25, 0.3) is 10.9 Å². The van der Waals surface area contributed by atoms with Gasteiger partial charge in [-0.25, -0.2) is 0 Å². The molecule has 0 aliphatic heterocycles. The zero-order valence-electron chi connectivity index (χ0n) is 9.16. The molecule has 0 saturated carbocycles. The number of Topliss-reactive ketones (excluding diaryl/α,β-unsaturated/α-hetero) is 1. The average molecular weight is 247 g/mol. The summed E-state index contributed by atoms with van der Waals surface area (Å²) in [7, 11) is 0. The van der Waals surface area contributed by atoms with Crippen molar-refractivity contribution in [3.63, 3.8) is 0 Å². The first-order valence-corrected chi connectivity index (χ1v) is 5.90. The maximum Gasteiger partial charge on any atom is 0.165 e. The molecule has 0 amide bonds. The molecule has 1 N–H and O–H groups in total. The molecule has 0 saturated heterocycles. The van der Waals surface area contributed by atoms with Crippen molar-refractivity contribution < 1.29 is 4.79 Å². The van der Waals surface area contributed by atoms with Crippen molar-refractivity contribution >= 4 is 28.3 Å². The number of alkyl halides is 1. The highest BCUT2D eigenvalue weighted by Crippen LogP contribution is 2.21. The van der Waals surface area contributed by atoms with E-state index in [4.69, 9.17) is 16.9 Å². The second-order valence-corrected chi connectivity index (χ2v) is 4.17. The third-order valence-corrected chi connectivity index (χ3v) is 2.92. The zero-order chi connectivity index (χ0) is 12.3. The van der Waals surface area contributed by atoms with Crippen molar-refractivity contribution in [3.05, 3.63) is 35.5 Å². The second-order valence-electron chi connectivity index (χ2n) is 3.79. The van der Waals surface area contributed by atoms with E-state index in [0.29, 0.717) is 29.8 Å². The van der Waals surface area contributed by atoms with E-state index in [1.807, 2.05) is 0 Å². The van der Waals surface area contributed by atoms with Crippen LogP contribution in [0.15, 0.2) is 24.4 Å². The Morgan fingerprint density at radius 3 is 3.00 bits per heavy atom. The van der Waals surface area contributed by atoms with Crippen molar-refractivity contribution in [1.82, 2.24) is 4.98 Å². The first-order valence-electron chi connectivity index (χ1n) is 5.36. The number of halogens is 1. The minimum absolute atomic E-state index is 0.0848. The lowest BCUT2D eigenvalue weighted by atomic mass is 10.0. The Hall–Kier alpha value is -1.79. The Kier molecular flexibility index (Phi) is 3.46. The van der Waals surface area contributed by atoms with E-state index in [-0.39, 0.29) is 5.78 Å². The lowest BCUT2D eigenvalue weighted by molar-refractivity contribution is 0.0983. The van der Waals surface area contributed by atoms with Crippen LogP contribution in [-0.4, -0.2) is 16.6 Å². The maximum absolute atomic E-state index is 11.9. The molecule has 4 heteroatoms. The van der Waals surface area contributed by atoms with Gasteiger partial charge in [-0.2, -0.15) is 5.26 Å². The van der Waals surface area contributed by atoms with Crippen LogP contribution in [0.5, 0.6) is 0 Å². The summed E-state index contributed by atoms with van der Waals surface area (Å²) in [5, 5.41) is 9.65. The summed E-state index contributed by atoms with van der Waals surface area (Å²) >= 11 is 5.57. The highest BCUT2D eigenvalue weighted by Gasteiger charge is 2.11. The predicted molar refractivity (Wildman–Crippen MR) is 67.3 cm³/mol. The number of hydrogen-bond acceptors (Lipinski definition) is 2. The SMILES string of the molecule is N#Cc1ccc2c(C(=O)CCCCl)c[nH]c2c1. The molecule has 2 rings (SSSR count). The fraction of sp³-hybridized carbons (Fsp3) is 0.231. The maximum atomic E-state index is 11.9. The van der Waals surface area contributed by atoms with Gasteiger partial charge in [-0.1, -0.05) is 6.07 Å². The predicted octanol–water partition coefficient (Wildman–Crippen LogP) is 3.24. The molecule has 0 fully saturated rings. The van der Waals surface area contributed by atoms with Crippen LogP contribution >= 0.6 is 11.6 Å². The largest absolute Gasteiger partial charge is 0.360 e. The normalized spacial score (nSPS) is 10.4. The molecule has 0 aliphatic carbocycles. The van der Waals surface area contributed by atoms with E-state index >= 15 is 0 Å². The Morgan fingerprint density at radius 1 is 1.47 bits per heavy atom. The number of H-pyrrole nitrogens is 1. The number of nitrogens with one attached hydrogen (secondary N) is 1. The third-order valence-electron chi connectivity index (χ3n) is 2.65. The van der Waals surface area contributed by atoms with E-state index in [1.54, 1.807) is 24.4 Å². The number of carbonyl (C=O) groups excluding carboxylic acids is 1. The van der Waals surface area contributed by atoms with Crippen LogP contribution < -0.4 is 0 Å². The number of hydrogen-bond donors (Lipinski definition) is 1. The summed E-state index contributed by atoms with van der Waals surface area (Å²) in [6.07, 6.45) is 2.84. The Balaban J connectivity index is 2.37. The lowest BCUT2D eigenvalue weighted by Gasteiger charge is -1.97. The molecule has 1 heterocycles. The Labute approximate surface area is 104 Å². The van der Waals surface area contributed by atoms with Gasteiger partial charge in [-0.05, 0) is 18.6 Å². The number of rotatable bonds is 4. The third kappa shape index (κ3) is 2.32. The topological polar surface area (TPSA) is 56.6 Å². The molecule has 2 aromatic rings. The van der Waals surface area contributed by atoms with Gasteiger partial charge in [0.15, 0.2) is 5.78 Å². The molecule has 86 valence electrons. The van der Waals surface area contributed by atoms with Crippen molar-refractivity contribution in [2.24, 2.45) is 0 Å². The summed E-state index contributed by atoms with van der Waals surface area (Å²) < 4.78 is 0. The number of nitriles is 1. The summed E-state index contributed by atoms with van der Waals surface area (Å²) in [6, 6.07) is 7.33. The summed E-state index contributed by atoms with van der Waals surface area (Å²) in [5.41, 5.74) is 2.08. The van der Waals surface area contributed by atoms with Gasteiger partial charge < -0.3 is 4.98 Å². The minimum atomic E-state index is 0.0848. The summed E-state index contributed by atoms with van der Waals surface area (Å²) in [4.78, 5) is 14.9. The second kappa shape index (κ2) is 5.03. The molecule has 1 aromatic carbocycles. The van der Waals surface area contributed by atoms with Gasteiger partial charge in [0.1, 0.15) is 0 Å². The molecule has 0 unspecified atom stereocenters. The molecule has 0 bridgehead atoms. The number of carbonyl (C=O) groups is 1. The van der Waals surface area contributed by atoms with E-state index < -0.39 is 0 Å². The van der Waals surface area contributed by atoms with Crippen molar-refractivity contribution in [1.29, 1.82) is 5.26 Å². The van der Waals surface area contributed by atoms with E-state index in [9.17, 15) is 4.79 Å². The van der Waals surface area contributed by atoms with Crippen LogP contribution in [0.2, 0.25) is 0 Å². The van der Waals surface area contributed by atoms with Gasteiger partial charge in [0.05, 0.1) is 11.6 Å². The number of ketones is 1. The van der Waals surface area contributed by atoms with Gasteiger partial charge >= 0.3 is 0 Å². The molecule has 0 radical (unpaired) electrons. The van der Waals surface area contributed by atoms with E-state index in [2.05, 4.69) is 11.1 Å². The average Bonchev–Trinajstić information content (AvgIpc) is 2.78. The smallest absolute Gasteiger partial charge is 0.165 e. The summed E-state index contributed by atoms with van der Waals surface area (Å²) in [6.45, 7) is 0. The quantitative estimate of drug-likeness (QED) is 0.665. The number of aromatic nitrogens is 1. The van der Waals surface area contributed by atoms with E-state index in [0.717, 1.165) is 10.9 Å².